The molecule has 6 aromatic carbocycles. The second-order valence-corrected chi connectivity index (χ2v) is 12.9. The number of aromatic nitrogens is 2. The minimum Gasteiger partial charge on any atom is -0.228 e. The van der Waals surface area contributed by atoms with Crippen LogP contribution in [0.2, 0.25) is 0 Å². The number of para-hydroxylation sites is 1. The Morgan fingerprint density at radius 1 is 0.551 bits per heavy atom. The average molecular weight is 627 g/mol. The van der Waals surface area contributed by atoms with Crippen LogP contribution in [0.3, 0.4) is 0 Å². The first-order valence-electron chi connectivity index (χ1n) is 17.0. The van der Waals surface area contributed by atoms with Gasteiger partial charge in [-0.25, -0.2) is 9.97 Å². The molecule has 0 saturated heterocycles. The van der Waals surface area contributed by atoms with Gasteiger partial charge in [-0.15, -0.1) is 0 Å². The molecule has 232 valence electrons. The summed E-state index contributed by atoms with van der Waals surface area (Å²) in [6, 6.07) is 51.0. The molecule has 9 rings (SSSR count). The highest BCUT2D eigenvalue weighted by Gasteiger charge is 2.48. The summed E-state index contributed by atoms with van der Waals surface area (Å²) in [5.74, 6) is 0.748. The first-order valence-corrected chi connectivity index (χ1v) is 17.0. The van der Waals surface area contributed by atoms with Crippen molar-refractivity contribution in [2.45, 2.75) is 19.3 Å². The number of nitrogens with zero attached hydrogens (tertiary/aromatic N) is 2. The van der Waals surface area contributed by atoms with E-state index in [1.807, 2.05) is 25.1 Å². The van der Waals surface area contributed by atoms with Gasteiger partial charge in [-0.1, -0.05) is 158 Å². The van der Waals surface area contributed by atoms with Gasteiger partial charge in [0.05, 0.1) is 16.6 Å². The molecule has 0 atom stereocenters. The number of hydrogen-bond acceptors (Lipinski definition) is 2. The summed E-state index contributed by atoms with van der Waals surface area (Å²) >= 11 is 0. The lowest BCUT2D eigenvalue weighted by atomic mass is 9.65. The normalized spacial score (nSPS) is 14.0. The quantitative estimate of drug-likeness (QED) is 0.182. The van der Waals surface area contributed by atoms with Crippen molar-refractivity contribution in [1.82, 2.24) is 9.97 Å². The molecule has 1 aromatic heterocycles. The third-order valence-electron chi connectivity index (χ3n) is 10.2. The highest BCUT2D eigenvalue weighted by atomic mass is 14.9. The van der Waals surface area contributed by atoms with Crippen LogP contribution in [0.4, 0.5) is 0 Å². The lowest BCUT2D eigenvalue weighted by Gasteiger charge is -2.35. The van der Waals surface area contributed by atoms with Gasteiger partial charge in [-0.05, 0) is 87.2 Å². The van der Waals surface area contributed by atoms with E-state index in [-0.39, 0.29) is 0 Å². The highest BCUT2D eigenvalue weighted by molar-refractivity contribution is 5.94. The Labute approximate surface area is 287 Å². The number of benzene rings is 6. The summed E-state index contributed by atoms with van der Waals surface area (Å²) in [6.07, 6.45) is 10.7. The molecule has 2 nitrogen and oxygen atoms in total. The first kappa shape index (κ1) is 29.1. The fourth-order valence-electron chi connectivity index (χ4n) is 7.94. The van der Waals surface area contributed by atoms with E-state index in [0.717, 1.165) is 33.6 Å². The summed E-state index contributed by atoms with van der Waals surface area (Å²) in [6.45, 7) is 4.08. The molecule has 0 amide bonds. The van der Waals surface area contributed by atoms with Crippen LogP contribution in [0.1, 0.15) is 53.1 Å². The predicted octanol–water partition coefficient (Wildman–Crippen LogP) is 11.8. The van der Waals surface area contributed by atoms with E-state index in [1.165, 1.54) is 55.6 Å². The van der Waals surface area contributed by atoms with Gasteiger partial charge in [0.15, 0.2) is 5.82 Å². The van der Waals surface area contributed by atoms with Crippen molar-refractivity contribution >= 4 is 28.6 Å². The van der Waals surface area contributed by atoms with Crippen LogP contribution in [0.25, 0.3) is 62.1 Å². The molecule has 0 saturated carbocycles. The average Bonchev–Trinajstić information content (AvgIpc) is 3.37. The minimum atomic E-state index is -0.437. The molecule has 0 N–H and O–H groups in total. The fraction of sp³-hybridized carbons (Fsp3) is 0.0638. The Hall–Kier alpha value is -6.12. The van der Waals surface area contributed by atoms with Crippen LogP contribution >= 0.6 is 0 Å². The Morgan fingerprint density at radius 2 is 1.14 bits per heavy atom. The van der Waals surface area contributed by atoms with Gasteiger partial charge < -0.3 is 0 Å². The Kier molecular flexibility index (Phi) is 6.84. The van der Waals surface area contributed by atoms with E-state index in [9.17, 15) is 0 Å². The van der Waals surface area contributed by atoms with Gasteiger partial charge in [-0.3, -0.25) is 0 Å². The summed E-state index contributed by atoms with van der Waals surface area (Å²) in [5.41, 5.74) is 16.3. The molecular formula is C47H34N2. The van der Waals surface area contributed by atoms with E-state index >= 15 is 0 Å². The highest BCUT2D eigenvalue weighted by Crippen LogP contribution is 2.58. The molecule has 0 aliphatic heterocycles. The zero-order valence-corrected chi connectivity index (χ0v) is 27.6. The minimum absolute atomic E-state index is 0.437. The predicted molar refractivity (Wildman–Crippen MR) is 205 cm³/mol. The lowest BCUT2D eigenvalue weighted by molar-refractivity contribution is 0.766. The van der Waals surface area contributed by atoms with Crippen molar-refractivity contribution in [3.63, 3.8) is 0 Å². The van der Waals surface area contributed by atoms with Crippen LogP contribution in [-0.4, -0.2) is 9.97 Å². The van der Waals surface area contributed by atoms with Crippen LogP contribution in [-0.2, 0) is 5.41 Å². The molecule has 7 aromatic rings. The second-order valence-electron chi connectivity index (χ2n) is 12.9. The lowest BCUT2D eigenvalue weighted by Crippen LogP contribution is -2.30. The summed E-state index contributed by atoms with van der Waals surface area (Å²) in [4.78, 5) is 9.98. The van der Waals surface area contributed by atoms with E-state index in [0.29, 0.717) is 0 Å². The number of rotatable bonds is 4. The van der Waals surface area contributed by atoms with Gasteiger partial charge in [0.1, 0.15) is 0 Å². The maximum Gasteiger partial charge on any atom is 0.156 e. The molecule has 1 heterocycles. The molecule has 0 radical (unpaired) electrons. The van der Waals surface area contributed by atoms with Gasteiger partial charge in [0.2, 0.25) is 0 Å². The van der Waals surface area contributed by atoms with E-state index in [1.54, 1.807) is 0 Å². The maximum absolute atomic E-state index is 5.09. The van der Waals surface area contributed by atoms with E-state index < -0.39 is 5.41 Å². The zero-order valence-electron chi connectivity index (χ0n) is 27.6. The summed E-state index contributed by atoms with van der Waals surface area (Å²) in [5, 5.41) is 1.05. The Morgan fingerprint density at radius 3 is 1.88 bits per heavy atom. The van der Waals surface area contributed by atoms with Crippen LogP contribution in [0.5, 0.6) is 0 Å². The van der Waals surface area contributed by atoms with E-state index in [4.69, 9.17) is 9.97 Å². The maximum atomic E-state index is 5.09. The van der Waals surface area contributed by atoms with Gasteiger partial charge in [0.25, 0.3) is 0 Å². The van der Waals surface area contributed by atoms with Crippen LogP contribution in [0, 0.1) is 0 Å². The third kappa shape index (κ3) is 4.48. The molecule has 0 fully saturated rings. The van der Waals surface area contributed by atoms with Gasteiger partial charge in [-0.2, -0.15) is 0 Å². The molecule has 2 aliphatic rings. The molecule has 2 heteroatoms. The van der Waals surface area contributed by atoms with Crippen molar-refractivity contribution < 1.29 is 0 Å². The van der Waals surface area contributed by atoms with Crippen molar-refractivity contribution in [2.75, 3.05) is 0 Å². The number of allylic oxidation sites excluding steroid dienone is 4. The van der Waals surface area contributed by atoms with Gasteiger partial charge in [0, 0.05) is 10.9 Å². The third-order valence-corrected chi connectivity index (χ3v) is 10.2. The van der Waals surface area contributed by atoms with Crippen molar-refractivity contribution in [3.05, 3.63) is 197 Å². The van der Waals surface area contributed by atoms with Crippen molar-refractivity contribution in [3.8, 4) is 33.5 Å². The summed E-state index contributed by atoms with van der Waals surface area (Å²) < 4.78 is 0. The molecule has 2 aliphatic carbocycles. The number of fused-ring (bicyclic) bond motifs is 10. The molecule has 0 unspecified atom stereocenters. The number of hydrogen-bond donors (Lipinski definition) is 0. The van der Waals surface area contributed by atoms with Crippen molar-refractivity contribution in [1.29, 1.82) is 0 Å². The smallest absolute Gasteiger partial charge is 0.156 e. The van der Waals surface area contributed by atoms with Gasteiger partial charge >= 0.3 is 0 Å². The SMILES string of the molecule is C/C=C\C=C(/C)c1nc(-c2ccc(-c3ccc4c(c3)C3(c5ccccc5C=C4)c4ccccc4-c4ccccc43)cc2)c2ccccc2n1. The standard InChI is InChI=1S/C47H34N2/c1-3-4-13-31(2)46-48-44-21-12-8-17-39(44)45(49-46)35-27-22-32(23-28-35)36-29-26-34-25-24-33-14-5-9-18-40(33)47(43(34)30-36)41-19-10-6-15-37(41)38-16-7-11-20-42(38)47/h3-30H,1-2H3/b4-3-,31-13+. The Balaban J connectivity index is 1.21. The molecular weight excluding hydrogens is 593 g/mol. The topological polar surface area (TPSA) is 25.8 Å². The largest absolute Gasteiger partial charge is 0.228 e. The van der Waals surface area contributed by atoms with Crippen LogP contribution < -0.4 is 0 Å². The first-order chi connectivity index (χ1) is 24.2. The molecule has 1 spiro atoms. The fourth-order valence-corrected chi connectivity index (χ4v) is 7.94. The second kappa shape index (κ2) is 11.5. The zero-order chi connectivity index (χ0) is 33.0. The van der Waals surface area contributed by atoms with Crippen molar-refractivity contribution in [2.24, 2.45) is 0 Å². The Bertz CT molecular complexity index is 2470. The summed E-state index contributed by atoms with van der Waals surface area (Å²) in [7, 11) is 0. The molecule has 49 heavy (non-hydrogen) atoms. The van der Waals surface area contributed by atoms with E-state index in [2.05, 4.69) is 159 Å². The van der Waals surface area contributed by atoms with Crippen LogP contribution in [0.15, 0.2) is 158 Å². The molecule has 0 bridgehead atoms. The monoisotopic (exact) mass is 626 g/mol.